The van der Waals surface area contributed by atoms with Crippen LogP contribution in [0.15, 0.2) is 54.9 Å². The SMILES string of the molecule is Cc1nc(-n2cccc2)sc1C(=O)N(C)S(=O)(=O)Cc1ccccc1. The standard InChI is InChI=1S/C17H17N3O3S2/c1-13-15(24-17(18-13)20-10-6-7-11-20)16(21)19(2)25(22,23)12-14-8-4-3-5-9-14/h3-11H,12H2,1-2H3. The van der Waals surface area contributed by atoms with E-state index in [2.05, 4.69) is 4.98 Å². The molecule has 0 bridgehead atoms. The van der Waals surface area contributed by atoms with Crippen LogP contribution in [0.1, 0.15) is 20.9 Å². The van der Waals surface area contributed by atoms with Crippen LogP contribution in [-0.4, -0.2) is 35.2 Å². The first-order valence-corrected chi connectivity index (χ1v) is 9.96. The molecule has 0 aliphatic heterocycles. The molecule has 3 aromatic rings. The quantitative estimate of drug-likeness (QED) is 0.687. The van der Waals surface area contributed by atoms with Crippen LogP contribution in [-0.2, 0) is 15.8 Å². The van der Waals surface area contributed by atoms with Crippen molar-refractivity contribution in [1.82, 2.24) is 13.9 Å². The number of thiazole rings is 1. The highest BCUT2D eigenvalue weighted by Gasteiger charge is 2.28. The van der Waals surface area contributed by atoms with Crippen LogP contribution >= 0.6 is 11.3 Å². The van der Waals surface area contributed by atoms with E-state index in [0.29, 0.717) is 21.3 Å². The van der Waals surface area contributed by atoms with Gasteiger partial charge in [0.2, 0.25) is 10.0 Å². The Morgan fingerprint density at radius 1 is 1.16 bits per heavy atom. The molecule has 25 heavy (non-hydrogen) atoms. The van der Waals surface area contributed by atoms with Gasteiger partial charge in [-0.05, 0) is 24.6 Å². The lowest BCUT2D eigenvalue weighted by Gasteiger charge is -2.17. The lowest BCUT2D eigenvalue weighted by molar-refractivity contribution is 0.0886. The molecule has 0 fully saturated rings. The second kappa shape index (κ2) is 6.81. The molecule has 0 aliphatic rings. The molecule has 2 aromatic heterocycles. The summed E-state index contributed by atoms with van der Waals surface area (Å²) in [7, 11) is -2.48. The van der Waals surface area contributed by atoms with Gasteiger partial charge in [-0.15, -0.1) is 0 Å². The maximum atomic E-state index is 12.7. The number of carbonyl (C=O) groups is 1. The van der Waals surface area contributed by atoms with Gasteiger partial charge in [0.05, 0.1) is 11.4 Å². The Morgan fingerprint density at radius 2 is 1.80 bits per heavy atom. The fraction of sp³-hybridized carbons (Fsp3) is 0.176. The van der Waals surface area contributed by atoms with Gasteiger partial charge in [0.1, 0.15) is 4.88 Å². The number of aryl methyl sites for hydroxylation is 1. The zero-order valence-electron chi connectivity index (χ0n) is 13.8. The summed E-state index contributed by atoms with van der Waals surface area (Å²) in [6.07, 6.45) is 3.64. The highest BCUT2D eigenvalue weighted by molar-refractivity contribution is 7.88. The minimum absolute atomic E-state index is 0.224. The van der Waals surface area contributed by atoms with E-state index in [0.717, 1.165) is 4.31 Å². The average molecular weight is 375 g/mol. The van der Waals surface area contributed by atoms with Crippen molar-refractivity contribution in [2.75, 3.05) is 7.05 Å². The Hall–Kier alpha value is -2.45. The Bertz CT molecular complexity index is 978. The summed E-state index contributed by atoms with van der Waals surface area (Å²) in [6.45, 7) is 1.70. The van der Waals surface area contributed by atoms with Gasteiger partial charge in [0.25, 0.3) is 5.91 Å². The van der Waals surface area contributed by atoms with Crippen molar-refractivity contribution in [3.8, 4) is 5.13 Å². The van der Waals surface area contributed by atoms with Crippen LogP contribution in [0.4, 0.5) is 0 Å². The van der Waals surface area contributed by atoms with Crippen molar-refractivity contribution in [1.29, 1.82) is 0 Å². The summed E-state index contributed by atoms with van der Waals surface area (Å²) in [5.74, 6) is -0.789. The van der Waals surface area contributed by atoms with Crippen LogP contribution in [0.25, 0.3) is 5.13 Å². The van der Waals surface area contributed by atoms with E-state index in [1.54, 1.807) is 35.8 Å². The molecule has 0 aliphatic carbocycles. The third-order valence-electron chi connectivity index (χ3n) is 3.70. The molecule has 1 aromatic carbocycles. The fourth-order valence-corrected chi connectivity index (χ4v) is 4.52. The van der Waals surface area contributed by atoms with E-state index < -0.39 is 15.9 Å². The normalized spacial score (nSPS) is 11.4. The first-order chi connectivity index (χ1) is 11.9. The number of amides is 1. The van der Waals surface area contributed by atoms with E-state index in [-0.39, 0.29) is 5.75 Å². The molecular formula is C17H17N3O3S2. The van der Waals surface area contributed by atoms with Gasteiger partial charge >= 0.3 is 0 Å². The molecule has 1 amide bonds. The Kier molecular flexibility index (Phi) is 4.73. The second-order valence-electron chi connectivity index (χ2n) is 5.52. The summed E-state index contributed by atoms with van der Waals surface area (Å²) in [5.41, 5.74) is 1.15. The van der Waals surface area contributed by atoms with Crippen LogP contribution in [0.2, 0.25) is 0 Å². The average Bonchev–Trinajstić information content (AvgIpc) is 3.23. The molecule has 0 N–H and O–H groups in total. The molecule has 0 radical (unpaired) electrons. The van der Waals surface area contributed by atoms with E-state index >= 15 is 0 Å². The lowest BCUT2D eigenvalue weighted by Crippen LogP contribution is -2.34. The number of benzene rings is 1. The van der Waals surface area contributed by atoms with Gasteiger partial charge in [-0.1, -0.05) is 41.7 Å². The molecule has 8 heteroatoms. The van der Waals surface area contributed by atoms with E-state index in [1.165, 1.54) is 18.4 Å². The largest absolute Gasteiger partial charge is 0.300 e. The number of carbonyl (C=O) groups excluding carboxylic acids is 1. The zero-order chi connectivity index (χ0) is 18.0. The molecule has 130 valence electrons. The van der Waals surface area contributed by atoms with Crippen molar-refractivity contribution in [3.05, 3.63) is 71.0 Å². The monoisotopic (exact) mass is 375 g/mol. The number of aromatic nitrogens is 2. The van der Waals surface area contributed by atoms with Gasteiger partial charge in [-0.3, -0.25) is 4.79 Å². The molecular weight excluding hydrogens is 358 g/mol. The molecule has 0 unspecified atom stereocenters. The third kappa shape index (κ3) is 3.64. The van der Waals surface area contributed by atoms with Crippen LogP contribution in [0.5, 0.6) is 0 Å². The highest BCUT2D eigenvalue weighted by Crippen LogP contribution is 2.24. The van der Waals surface area contributed by atoms with Crippen LogP contribution in [0, 0.1) is 6.92 Å². The lowest BCUT2D eigenvalue weighted by atomic mass is 10.2. The van der Waals surface area contributed by atoms with E-state index in [4.69, 9.17) is 0 Å². The van der Waals surface area contributed by atoms with Gasteiger partial charge in [0.15, 0.2) is 5.13 Å². The Balaban J connectivity index is 1.85. The molecule has 0 saturated heterocycles. The number of hydrogen-bond donors (Lipinski definition) is 0. The maximum absolute atomic E-state index is 12.7. The predicted molar refractivity (Wildman–Crippen MR) is 97.3 cm³/mol. The van der Waals surface area contributed by atoms with E-state index in [9.17, 15) is 13.2 Å². The molecule has 3 rings (SSSR count). The Labute approximate surface area is 150 Å². The first-order valence-electron chi connectivity index (χ1n) is 7.54. The Morgan fingerprint density at radius 3 is 2.44 bits per heavy atom. The second-order valence-corrected chi connectivity index (χ2v) is 8.49. The first kappa shape index (κ1) is 17.4. The zero-order valence-corrected chi connectivity index (χ0v) is 15.4. The number of hydrogen-bond acceptors (Lipinski definition) is 5. The summed E-state index contributed by atoms with van der Waals surface area (Å²) in [6, 6.07) is 12.5. The predicted octanol–water partition coefficient (Wildman–Crippen LogP) is 2.84. The fourth-order valence-electron chi connectivity index (χ4n) is 2.30. The number of sulfonamides is 1. The van der Waals surface area contributed by atoms with Crippen LogP contribution in [0.3, 0.4) is 0 Å². The minimum atomic E-state index is -3.77. The molecule has 6 nitrogen and oxygen atoms in total. The summed E-state index contributed by atoms with van der Waals surface area (Å²) < 4.78 is 27.7. The topological polar surface area (TPSA) is 72.3 Å². The molecule has 0 saturated carbocycles. The third-order valence-corrected chi connectivity index (χ3v) is 6.56. The summed E-state index contributed by atoms with van der Waals surface area (Å²) in [5, 5.41) is 0.625. The number of nitrogens with zero attached hydrogens (tertiary/aromatic N) is 3. The van der Waals surface area contributed by atoms with Crippen LogP contribution < -0.4 is 0 Å². The summed E-state index contributed by atoms with van der Waals surface area (Å²) >= 11 is 1.17. The van der Waals surface area contributed by atoms with Crippen molar-refractivity contribution >= 4 is 27.3 Å². The van der Waals surface area contributed by atoms with Gasteiger partial charge in [0, 0.05) is 19.4 Å². The maximum Gasteiger partial charge on any atom is 0.279 e. The van der Waals surface area contributed by atoms with Gasteiger partial charge in [-0.2, -0.15) is 0 Å². The smallest absolute Gasteiger partial charge is 0.279 e. The van der Waals surface area contributed by atoms with Crippen molar-refractivity contribution in [2.24, 2.45) is 0 Å². The summed E-state index contributed by atoms with van der Waals surface area (Å²) in [4.78, 5) is 17.4. The highest BCUT2D eigenvalue weighted by atomic mass is 32.2. The van der Waals surface area contributed by atoms with Gasteiger partial charge < -0.3 is 4.57 Å². The molecule has 0 atom stereocenters. The molecule has 2 heterocycles. The van der Waals surface area contributed by atoms with E-state index in [1.807, 2.05) is 30.6 Å². The minimum Gasteiger partial charge on any atom is -0.300 e. The molecule has 0 spiro atoms. The van der Waals surface area contributed by atoms with Gasteiger partial charge in [-0.25, -0.2) is 17.7 Å². The van der Waals surface area contributed by atoms with Crippen molar-refractivity contribution < 1.29 is 13.2 Å². The van der Waals surface area contributed by atoms with Crippen molar-refractivity contribution in [3.63, 3.8) is 0 Å². The number of rotatable bonds is 5. The van der Waals surface area contributed by atoms with Crippen molar-refractivity contribution in [2.45, 2.75) is 12.7 Å².